The highest BCUT2D eigenvalue weighted by atomic mass is 32.2. The van der Waals surface area contributed by atoms with Gasteiger partial charge in [-0.1, -0.05) is 19.2 Å². The van der Waals surface area contributed by atoms with E-state index in [0.717, 1.165) is 20.9 Å². The summed E-state index contributed by atoms with van der Waals surface area (Å²) >= 11 is 3.05. The predicted molar refractivity (Wildman–Crippen MR) is 116 cm³/mol. The number of carbonyl (C=O) groups is 2. The zero-order valence-electron chi connectivity index (χ0n) is 16.3. The van der Waals surface area contributed by atoms with Gasteiger partial charge in [0.15, 0.2) is 0 Å². The van der Waals surface area contributed by atoms with Gasteiger partial charge in [0.05, 0.1) is 4.90 Å². The molecule has 2 aromatic carbocycles. The van der Waals surface area contributed by atoms with Crippen molar-refractivity contribution in [2.75, 3.05) is 12.5 Å². The molecule has 4 nitrogen and oxygen atoms in total. The number of thioether (sulfide) groups is 2. The Bertz CT molecular complexity index is 948. The lowest BCUT2D eigenvalue weighted by atomic mass is 10.1. The zero-order valence-corrected chi connectivity index (χ0v) is 18.0. The number of hydrogen-bond acceptors (Lipinski definition) is 6. The van der Waals surface area contributed by atoms with Gasteiger partial charge >= 0.3 is 11.9 Å². The van der Waals surface area contributed by atoms with E-state index >= 15 is 0 Å². The lowest BCUT2D eigenvalue weighted by Gasteiger charge is -2.14. The average molecular weight is 415 g/mol. The Balaban J connectivity index is 2.38. The Labute approximate surface area is 174 Å². The van der Waals surface area contributed by atoms with Crippen LogP contribution in [0.25, 0.3) is 11.1 Å². The molecule has 146 valence electrons. The normalized spacial score (nSPS) is 10.3. The summed E-state index contributed by atoms with van der Waals surface area (Å²) in [5.41, 5.74) is 2.66. The fourth-order valence-electron chi connectivity index (χ4n) is 2.27. The molecular formula is C22H22O4S2. The summed E-state index contributed by atoms with van der Waals surface area (Å²) in [4.78, 5) is 25.4. The second-order valence-electron chi connectivity index (χ2n) is 6.07. The van der Waals surface area contributed by atoms with E-state index in [2.05, 4.69) is 13.2 Å². The fourth-order valence-corrected chi connectivity index (χ4v) is 3.47. The van der Waals surface area contributed by atoms with E-state index in [1.807, 2.05) is 36.8 Å². The van der Waals surface area contributed by atoms with Crippen LogP contribution in [0.15, 0.2) is 70.5 Å². The smallest absolute Gasteiger partial charge is 0.338 e. The van der Waals surface area contributed by atoms with Gasteiger partial charge in [-0.3, -0.25) is 0 Å². The van der Waals surface area contributed by atoms with Gasteiger partial charge in [-0.15, -0.1) is 23.5 Å². The van der Waals surface area contributed by atoms with Crippen molar-refractivity contribution in [3.8, 4) is 22.6 Å². The average Bonchev–Trinajstić information content (AvgIpc) is 2.67. The molecule has 0 amide bonds. The number of benzene rings is 2. The van der Waals surface area contributed by atoms with Crippen LogP contribution in [0.5, 0.6) is 11.5 Å². The Hall–Kier alpha value is -2.44. The van der Waals surface area contributed by atoms with Crippen LogP contribution in [0.1, 0.15) is 13.8 Å². The Kier molecular flexibility index (Phi) is 7.54. The quantitative estimate of drug-likeness (QED) is 0.248. The molecule has 0 saturated carbocycles. The monoisotopic (exact) mass is 414 g/mol. The number of hydrogen-bond donors (Lipinski definition) is 0. The lowest BCUT2D eigenvalue weighted by molar-refractivity contribution is -0.131. The molecule has 2 rings (SSSR count). The van der Waals surface area contributed by atoms with Crippen LogP contribution in [-0.2, 0) is 9.59 Å². The van der Waals surface area contributed by atoms with Gasteiger partial charge in [0.2, 0.25) is 0 Å². The molecule has 0 heterocycles. The van der Waals surface area contributed by atoms with Crippen molar-refractivity contribution in [3.05, 3.63) is 60.7 Å². The standard InChI is InChI=1S/C22H22O4S2/c1-13(2)21(23)25-16-8-9-17(19(12-16)27-5)15-7-10-18(20(11-15)28-6)26-22(24)14(3)4/h7-12H,1,3H2,2,4-6H3. The first kappa shape index (κ1) is 21.9. The summed E-state index contributed by atoms with van der Waals surface area (Å²) in [6.45, 7) is 10.4. The molecule has 0 unspecified atom stereocenters. The minimum Gasteiger partial charge on any atom is -0.423 e. The van der Waals surface area contributed by atoms with Crippen LogP contribution in [0.3, 0.4) is 0 Å². The van der Waals surface area contributed by atoms with Gasteiger partial charge in [-0.2, -0.15) is 0 Å². The molecule has 0 spiro atoms. The number of rotatable bonds is 7. The van der Waals surface area contributed by atoms with E-state index in [0.29, 0.717) is 22.6 Å². The molecule has 2 aromatic rings. The minimum absolute atomic E-state index is 0.347. The van der Waals surface area contributed by atoms with E-state index < -0.39 is 11.9 Å². The predicted octanol–water partition coefficient (Wildman–Crippen LogP) is 5.76. The van der Waals surface area contributed by atoms with Crippen molar-refractivity contribution in [1.29, 1.82) is 0 Å². The van der Waals surface area contributed by atoms with Gasteiger partial charge in [0.1, 0.15) is 11.5 Å². The summed E-state index contributed by atoms with van der Waals surface area (Å²) in [5.74, 6) is 0.0739. The third-order valence-electron chi connectivity index (χ3n) is 3.76. The van der Waals surface area contributed by atoms with Crippen molar-refractivity contribution in [2.24, 2.45) is 0 Å². The maximum absolute atomic E-state index is 11.8. The molecule has 0 aliphatic rings. The molecule has 0 N–H and O–H groups in total. The summed E-state index contributed by atoms with van der Waals surface area (Å²) in [6.07, 6.45) is 3.88. The zero-order chi connectivity index (χ0) is 20.8. The second-order valence-corrected chi connectivity index (χ2v) is 7.76. The van der Waals surface area contributed by atoms with E-state index in [1.54, 1.807) is 37.7 Å². The molecular weight excluding hydrogens is 392 g/mol. The van der Waals surface area contributed by atoms with Crippen LogP contribution in [0.2, 0.25) is 0 Å². The van der Waals surface area contributed by atoms with E-state index in [9.17, 15) is 9.59 Å². The molecule has 6 heteroatoms. The van der Waals surface area contributed by atoms with Gasteiger partial charge in [0, 0.05) is 16.0 Å². The number of esters is 2. The first-order valence-electron chi connectivity index (χ1n) is 8.38. The molecule has 0 radical (unpaired) electrons. The summed E-state index contributed by atoms with van der Waals surface area (Å²) < 4.78 is 10.7. The third-order valence-corrected chi connectivity index (χ3v) is 5.29. The van der Waals surface area contributed by atoms with E-state index in [1.165, 1.54) is 11.8 Å². The summed E-state index contributed by atoms with van der Waals surface area (Å²) in [6, 6.07) is 11.1. The van der Waals surface area contributed by atoms with Crippen molar-refractivity contribution in [2.45, 2.75) is 23.6 Å². The van der Waals surface area contributed by atoms with Crippen molar-refractivity contribution < 1.29 is 19.1 Å². The van der Waals surface area contributed by atoms with Crippen LogP contribution < -0.4 is 9.47 Å². The third kappa shape index (κ3) is 5.30. The molecule has 0 aliphatic carbocycles. The topological polar surface area (TPSA) is 52.6 Å². The molecule has 28 heavy (non-hydrogen) atoms. The highest BCUT2D eigenvalue weighted by Crippen LogP contribution is 2.38. The molecule has 0 bridgehead atoms. The maximum atomic E-state index is 11.8. The SMILES string of the molecule is C=C(C)C(=O)Oc1ccc(-c2ccc(OC(=O)C(=C)C)c(SC)c2)c(SC)c1. The van der Waals surface area contributed by atoms with Gasteiger partial charge < -0.3 is 9.47 Å². The van der Waals surface area contributed by atoms with Crippen LogP contribution >= 0.6 is 23.5 Å². The van der Waals surface area contributed by atoms with Gasteiger partial charge in [-0.25, -0.2) is 9.59 Å². The van der Waals surface area contributed by atoms with Crippen molar-refractivity contribution in [1.82, 2.24) is 0 Å². The Morgan fingerprint density at radius 3 is 2.00 bits per heavy atom. The fraction of sp³-hybridized carbons (Fsp3) is 0.182. The largest absolute Gasteiger partial charge is 0.423 e. The van der Waals surface area contributed by atoms with Crippen LogP contribution in [-0.4, -0.2) is 24.5 Å². The second kappa shape index (κ2) is 9.66. The highest BCUT2D eigenvalue weighted by Gasteiger charge is 2.14. The minimum atomic E-state index is -0.451. The van der Waals surface area contributed by atoms with Crippen LogP contribution in [0.4, 0.5) is 0 Å². The maximum Gasteiger partial charge on any atom is 0.338 e. The van der Waals surface area contributed by atoms with E-state index in [-0.39, 0.29) is 0 Å². The Morgan fingerprint density at radius 2 is 1.43 bits per heavy atom. The van der Waals surface area contributed by atoms with Crippen molar-refractivity contribution in [3.63, 3.8) is 0 Å². The number of carbonyl (C=O) groups excluding carboxylic acids is 2. The van der Waals surface area contributed by atoms with Gasteiger partial charge in [-0.05, 0) is 67.8 Å². The van der Waals surface area contributed by atoms with Gasteiger partial charge in [0.25, 0.3) is 0 Å². The van der Waals surface area contributed by atoms with Crippen molar-refractivity contribution >= 4 is 35.5 Å². The molecule has 0 aliphatic heterocycles. The highest BCUT2D eigenvalue weighted by molar-refractivity contribution is 7.99. The molecule has 0 aromatic heterocycles. The molecule has 0 fully saturated rings. The Morgan fingerprint density at radius 1 is 0.821 bits per heavy atom. The van der Waals surface area contributed by atoms with E-state index in [4.69, 9.17) is 9.47 Å². The first-order chi connectivity index (χ1) is 13.3. The van der Waals surface area contributed by atoms with Crippen LogP contribution in [0, 0.1) is 0 Å². The first-order valence-corrected chi connectivity index (χ1v) is 10.8. The number of ether oxygens (including phenoxy) is 2. The molecule has 0 saturated heterocycles. The summed E-state index contributed by atoms with van der Waals surface area (Å²) in [5, 5.41) is 0. The lowest BCUT2D eigenvalue weighted by Crippen LogP contribution is -2.09. The summed E-state index contributed by atoms with van der Waals surface area (Å²) in [7, 11) is 0. The molecule has 0 atom stereocenters.